The van der Waals surface area contributed by atoms with Crippen LogP contribution in [0, 0.1) is 0 Å². The minimum absolute atomic E-state index is 0.0814. The summed E-state index contributed by atoms with van der Waals surface area (Å²) >= 11 is 0. The molecular formula is C57H43NO. The summed E-state index contributed by atoms with van der Waals surface area (Å²) in [6, 6.07) is 63.3. The minimum Gasteiger partial charge on any atom is -0.453 e. The predicted octanol–water partition coefficient (Wildman–Crippen LogP) is 15.5. The number of para-hydroxylation sites is 2. The van der Waals surface area contributed by atoms with Crippen LogP contribution in [0.2, 0.25) is 0 Å². The lowest BCUT2D eigenvalue weighted by Crippen LogP contribution is -2.15. The number of benzene rings is 9. The van der Waals surface area contributed by atoms with Gasteiger partial charge >= 0.3 is 0 Å². The highest BCUT2D eigenvalue weighted by atomic mass is 16.5. The lowest BCUT2D eigenvalue weighted by Gasteiger charge is -2.30. The molecule has 3 aliphatic rings. The molecule has 0 fully saturated rings. The molecule has 0 radical (unpaired) electrons. The van der Waals surface area contributed by atoms with Crippen LogP contribution in [0.5, 0.6) is 11.5 Å². The van der Waals surface area contributed by atoms with E-state index < -0.39 is 0 Å². The fourth-order valence-corrected chi connectivity index (χ4v) is 10.9. The molecule has 0 spiro atoms. The van der Waals surface area contributed by atoms with Crippen LogP contribution in [0.3, 0.4) is 0 Å². The zero-order valence-electron chi connectivity index (χ0n) is 34.0. The van der Waals surface area contributed by atoms with Crippen LogP contribution in [0.1, 0.15) is 49.9 Å². The van der Waals surface area contributed by atoms with Gasteiger partial charge in [-0.1, -0.05) is 161 Å². The summed E-state index contributed by atoms with van der Waals surface area (Å²) in [5.41, 5.74) is 20.3. The summed E-state index contributed by atoms with van der Waals surface area (Å²) in [4.78, 5) is 2.26. The van der Waals surface area contributed by atoms with Gasteiger partial charge < -0.3 is 9.64 Å². The van der Waals surface area contributed by atoms with Gasteiger partial charge in [-0.2, -0.15) is 0 Å². The molecule has 12 rings (SSSR count). The first-order valence-electron chi connectivity index (χ1n) is 20.8. The van der Waals surface area contributed by atoms with Gasteiger partial charge in [-0.05, 0) is 136 Å². The number of hydrogen-bond donors (Lipinski definition) is 0. The normalized spacial score (nSPS) is 14.9. The van der Waals surface area contributed by atoms with E-state index in [0.717, 1.165) is 22.9 Å². The second-order valence-electron chi connectivity index (χ2n) is 17.7. The number of hydrogen-bond acceptors (Lipinski definition) is 2. The summed E-state index contributed by atoms with van der Waals surface area (Å²) in [7, 11) is 2.14. The predicted molar refractivity (Wildman–Crippen MR) is 247 cm³/mol. The molecule has 9 aromatic rings. The smallest absolute Gasteiger partial charge is 0.151 e. The number of rotatable bonds is 3. The summed E-state index contributed by atoms with van der Waals surface area (Å²) in [6.07, 6.45) is 0. The van der Waals surface area contributed by atoms with E-state index >= 15 is 0 Å². The monoisotopic (exact) mass is 757 g/mol. The maximum absolute atomic E-state index is 6.47. The van der Waals surface area contributed by atoms with Gasteiger partial charge in [0.15, 0.2) is 11.5 Å². The molecule has 282 valence electrons. The Morgan fingerprint density at radius 3 is 1.75 bits per heavy atom. The zero-order valence-corrected chi connectivity index (χ0v) is 34.0. The Hall–Kier alpha value is -6.90. The van der Waals surface area contributed by atoms with Crippen molar-refractivity contribution < 1.29 is 4.74 Å². The van der Waals surface area contributed by atoms with Crippen LogP contribution in [-0.2, 0) is 10.8 Å². The van der Waals surface area contributed by atoms with E-state index in [0.29, 0.717) is 0 Å². The van der Waals surface area contributed by atoms with E-state index in [4.69, 9.17) is 4.74 Å². The average molecular weight is 758 g/mol. The van der Waals surface area contributed by atoms with Crippen molar-refractivity contribution in [2.75, 3.05) is 11.9 Å². The number of anilines is 2. The summed E-state index contributed by atoms with van der Waals surface area (Å²) in [5.74, 6) is 1.74. The van der Waals surface area contributed by atoms with Gasteiger partial charge in [0.05, 0.1) is 11.4 Å². The Bertz CT molecular complexity index is 3270. The molecule has 2 aliphatic carbocycles. The van der Waals surface area contributed by atoms with E-state index in [2.05, 4.69) is 197 Å². The third kappa shape index (κ3) is 4.69. The molecule has 0 bridgehead atoms. The SMILES string of the molecule is CN1c2ccccc2Oc2ccc(-c3c4ccccc4c(-c4cccc5c4-c4ccccc4C5(C)C)c4cc(-c5ccc6c(c5)C(C)(C)c5ccccc5-6)ccc34)cc21. The zero-order chi connectivity index (χ0) is 39.8. The molecule has 0 aromatic heterocycles. The van der Waals surface area contributed by atoms with Crippen molar-refractivity contribution in [3.05, 3.63) is 192 Å². The first kappa shape index (κ1) is 34.2. The van der Waals surface area contributed by atoms with Crippen molar-refractivity contribution in [1.82, 2.24) is 0 Å². The second kappa shape index (κ2) is 12.1. The Labute approximate surface area is 346 Å². The number of nitrogens with zero attached hydrogens (tertiary/aromatic N) is 1. The Balaban J connectivity index is 1.15. The van der Waals surface area contributed by atoms with E-state index in [1.165, 1.54) is 99.4 Å². The fraction of sp³-hybridized carbons (Fsp3) is 0.123. The van der Waals surface area contributed by atoms with E-state index in [1.807, 2.05) is 12.1 Å². The molecule has 2 nitrogen and oxygen atoms in total. The van der Waals surface area contributed by atoms with Gasteiger partial charge in [0.2, 0.25) is 0 Å². The largest absolute Gasteiger partial charge is 0.453 e. The van der Waals surface area contributed by atoms with E-state index in [-0.39, 0.29) is 10.8 Å². The van der Waals surface area contributed by atoms with Gasteiger partial charge in [-0.25, -0.2) is 0 Å². The molecule has 59 heavy (non-hydrogen) atoms. The molecule has 2 heteroatoms. The average Bonchev–Trinajstić information content (AvgIpc) is 3.65. The fourth-order valence-electron chi connectivity index (χ4n) is 10.9. The first-order chi connectivity index (χ1) is 28.7. The van der Waals surface area contributed by atoms with Crippen LogP contribution in [-0.4, -0.2) is 7.05 Å². The molecular weight excluding hydrogens is 715 g/mol. The van der Waals surface area contributed by atoms with Crippen LogP contribution >= 0.6 is 0 Å². The molecule has 1 aliphatic heterocycles. The highest BCUT2D eigenvalue weighted by Gasteiger charge is 2.38. The molecule has 1 heterocycles. The third-order valence-electron chi connectivity index (χ3n) is 13.9. The van der Waals surface area contributed by atoms with Crippen LogP contribution in [0.15, 0.2) is 170 Å². The third-order valence-corrected chi connectivity index (χ3v) is 13.9. The van der Waals surface area contributed by atoms with Gasteiger partial charge in [0.1, 0.15) is 0 Å². The van der Waals surface area contributed by atoms with Gasteiger partial charge in [0, 0.05) is 17.9 Å². The molecule has 0 atom stereocenters. The topological polar surface area (TPSA) is 12.5 Å². The molecule has 0 unspecified atom stereocenters. The van der Waals surface area contributed by atoms with Crippen molar-refractivity contribution in [2.45, 2.75) is 38.5 Å². The minimum atomic E-state index is -0.108. The Kier molecular flexibility index (Phi) is 6.99. The molecule has 0 amide bonds. The van der Waals surface area contributed by atoms with Crippen LogP contribution in [0.4, 0.5) is 11.4 Å². The number of ether oxygens (including phenoxy) is 1. The maximum Gasteiger partial charge on any atom is 0.151 e. The number of fused-ring (bicyclic) bond motifs is 10. The van der Waals surface area contributed by atoms with Crippen molar-refractivity contribution in [1.29, 1.82) is 0 Å². The standard InChI is InChI=1S/C57H43NO/c1-56(2)46-21-11-9-18-42(46)55-43(19-14-22-47(55)56)54-40-17-7-6-16-39(40)53(36-27-30-52-50(33-36)58(5)49-23-12-13-24-51(49)59-52)41-29-26-34(31-44(41)54)35-25-28-38-37-15-8-10-20-45(37)57(3,4)48(38)32-35/h6-33H,1-5H3. The quantitative estimate of drug-likeness (QED) is 0.166. The van der Waals surface area contributed by atoms with E-state index in [9.17, 15) is 0 Å². The van der Waals surface area contributed by atoms with Crippen LogP contribution < -0.4 is 9.64 Å². The second-order valence-corrected chi connectivity index (χ2v) is 17.7. The summed E-state index contributed by atoms with van der Waals surface area (Å²) in [6.45, 7) is 9.49. The van der Waals surface area contributed by atoms with E-state index in [1.54, 1.807) is 0 Å². The summed E-state index contributed by atoms with van der Waals surface area (Å²) in [5, 5.41) is 4.98. The highest BCUT2D eigenvalue weighted by molar-refractivity contribution is 6.23. The molecule has 0 N–H and O–H groups in total. The van der Waals surface area contributed by atoms with Crippen molar-refractivity contribution >= 4 is 32.9 Å². The van der Waals surface area contributed by atoms with Crippen molar-refractivity contribution in [2.24, 2.45) is 0 Å². The van der Waals surface area contributed by atoms with Crippen molar-refractivity contribution in [3.63, 3.8) is 0 Å². The summed E-state index contributed by atoms with van der Waals surface area (Å²) < 4.78 is 6.47. The highest BCUT2D eigenvalue weighted by Crippen LogP contribution is 2.56. The van der Waals surface area contributed by atoms with Gasteiger partial charge in [0.25, 0.3) is 0 Å². The maximum atomic E-state index is 6.47. The lowest BCUT2D eigenvalue weighted by atomic mass is 9.80. The van der Waals surface area contributed by atoms with Crippen LogP contribution in [0.25, 0.3) is 77.2 Å². The first-order valence-corrected chi connectivity index (χ1v) is 20.8. The molecule has 0 saturated carbocycles. The molecule has 0 saturated heterocycles. The lowest BCUT2D eigenvalue weighted by molar-refractivity contribution is 0.475. The molecule has 9 aromatic carbocycles. The Morgan fingerprint density at radius 2 is 0.915 bits per heavy atom. The van der Waals surface area contributed by atoms with Crippen molar-refractivity contribution in [3.8, 4) is 67.1 Å². The Morgan fingerprint density at radius 1 is 0.356 bits per heavy atom. The van der Waals surface area contributed by atoms with Gasteiger partial charge in [-0.3, -0.25) is 0 Å². The van der Waals surface area contributed by atoms with Gasteiger partial charge in [-0.15, -0.1) is 0 Å².